The topological polar surface area (TPSA) is 39.2 Å². The molecule has 1 heterocycles. The van der Waals surface area contributed by atoms with E-state index in [1.807, 2.05) is 0 Å². The van der Waals surface area contributed by atoms with Crippen LogP contribution in [0, 0.1) is 3.70 Å². The Balaban J connectivity index is 3.29. The molecule has 0 radical (unpaired) electrons. The molecule has 0 saturated carbocycles. The molecule has 0 aliphatic rings. The van der Waals surface area contributed by atoms with Crippen LogP contribution < -0.4 is 0 Å². The van der Waals surface area contributed by atoms with E-state index in [0.717, 1.165) is 0 Å². The van der Waals surface area contributed by atoms with E-state index in [1.165, 1.54) is 13.3 Å². The zero-order valence-corrected chi connectivity index (χ0v) is 12.6. The summed E-state index contributed by atoms with van der Waals surface area (Å²) in [5.74, 6) is -0.545. The number of carbonyl (C=O) groups excluding carboxylic acids is 1. The summed E-state index contributed by atoms with van der Waals surface area (Å²) in [4.78, 5) is 15.1. The molecule has 7 heteroatoms. The van der Waals surface area contributed by atoms with E-state index in [2.05, 4.69) is 25.7 Å². The standard InChI is InChI=1S/C10H9BrF2INO2/c1-17-7(16)2-6-5(3-11)4-15-10(14)8(6)9(12)13/h4,9H,2-3H2,1H3. The fraction of sp³-hybridized carbons (Fsp3) is 0.400. The quantitative estimate of drug-likeness (QED) is 0.325. The molecule has 17 heavy (non-hydrogen) atoms. The number of hydrogen-bond donors (Lipinski definition) is 0. The third kappa shape index (κ3) is 3.57. The van der Waals surface area contributed by atoms with Gasteiger partial charge in [-0.25, -0.2) is 13.8 Å². The Kier molecular flexibility index (Phi) is 5.71. The summed E-state index contributed by atoms with van der Waals surface area (Å²) in [6.45, 7) is 0. The Labute approximate surface area is 119 Å². The number of halogens is 4. The van der Waals surface area contributed by atoms with Gasteiger partial charge in [0.05, 0.1) is 19.1 Å². The number of ether oxygens (including phenoxy) is 1. The number of pyridine rings is 1. The number of aromatic nitrogens is 1. The summed E-state index contributed by atoms with van der Waals surface area (Å²) in [5, 5.41) is 0.364. The van der Waals surface area contributed by atoms with Gasteiger partial charge in [-0.3, -0.25) is 4.79 Å². The molecule has 0 aliphatic heterocycles. The van der Waals surface area contributed by atoms with Gasteiger partial charge in [0.25, 0.3) is 6.43 Å². The second-order valence-electron chi connectivity index (χ2n) is 3.15. The van der Waals surface area contributed by atoms with Crippen LogP contribution in [-0.2, 0) is 21.3 Å². The van der Waals surface area contributed by atoms with Gasteiger partial charge in [-0.1, -0.05) is 15.9 Å². The lowest BCUT2D eigenvalue weighted by atomic mass is 10.0. The van der Waals surface area contributed by atoms with Crippen molar-refractivity contribution < 1.29 is 18.3 Å². The van der Waals surface area contributed by atoms with Crippen molar-refractivity contribution >= 4 is 44.5 Å². The Morgan fingerprint density at radius 2 is 2.29 bits per heavy atom. The van der Waals surface area contributed by atoms with Gasteiger partial charge in [0.1, 0.15) is 3.70 Å². The van der Waals surface area contributed by atoms with Gasteiger partial charge in [0.15, 0.2) is 0 Å². The van der Waals surface area contributed by atoms with E-state index in [9.17, 15) is 13.6 Å². The van der Waals surface area contributed by atoms with E-state index in [1.54, 1.807) is 22.6 Å². The molecule has 0 aromatic carbocycles. The lowest BCUT2D eigenvalue weighted by molar-refractivity contribution is -0.139. The molecular weight excluding hydrogens is 411 g/mol. The van der Waals surface area contributed by atoms with Crippen molar-refractivity contribution in [2.75, 3.05) is 7.11 Å². The molecule has 0 saturated heterocycles. The SMILES string of the molecule is COC(=O)Cc1c(CBr)cnc(I)c1C(F)F. The molecule has 0 N–H and O–H groups in total. The smallest absolute Gasteiger partial charge is 0.310 e. The second-order valence-corrected chi connectivity index (χ2v) is 4.74. The average Bonchev–Trinajstić information content (AvgIpc) is 2.28. The highest BCUT2D eigenvalue weighted by Crippen LogP contribution is 2.30. The Bertz CT molecular complexity index is 429. The molecule has 0 unspecified atom stereocenters. The van der Waals surface area contributed by atoms with E-state index in [0.29, 0.717) is 16.5 Å². The minimum Gasteiger partial charge on any atom is -0.469 e. The van der Waals surface area contributed by atoms with Crippen LogP contribution in [0.2, 0.25) is 0 Å². The first-order valence-corrected chi connectivity index (χ1v) is 6.78. The first-order chi connectivity index (χ1) is 8.01. The third-order valence-corrected chi connectivity index (χ3v) is 3.64. The molecule has 0 amide bonds. The van der Waals surface area contributed by atoms with Gasteiger partial charge >= 0.3 is 5.97 Å². The maximum Gasteiger partial charge on any atom is 0.310 e. The summed E-state index contributed by atoms with van der Waals surface area (Å²) in [5.41, 5.74) is 0.683. The van der Waals surface area contributed by atoms with E-state index in [-0.39, 0.29) is 15.7 Å². The maximum atomic E-state index is 12.9. The van der Waals surface area contributed by atoms with Crippen LogP contribution in [0.15, 0.2) is 6.20 Å². The summed E-state index contributed by atoms with van der Waals surface area (Å²) < 4.78 is 30.6. The average molecular weight is 420 g/mol. The van der Waals surface area contributed by atoms with E-state index >= 15 is 0 Å². The molecular formula is C10H9BrF2INO2. The number of nitrogens with zero attached hydrogens (tertiary/aromatic N) is 1. The van der Waals surface area contributed by atoms with Crippen LogP contribution in [0.25, 0.3) is 0 Å². The first kappa shape index (κ1) is 14.7. The highest BCUT2D eigenvalue weighted by molar-refractivity contribution is 14.1. The third-order valence-electron chi connectivity index (χ3n) is 2.18. The lowest BCUT2D eigenvalue weighted by Crippen LogP contribution is -2.12. The number of methoxy groups -OCH3 is 1. The summed E-state index contributed by atoms with van der Waals surface area (Å²) in [6.07, 6.45) is -1.34. The first-order valence-electron chi connectivity index (χ1n) is 4.58. The minimum atomic E-state index is -2.66. The predicted octanol–water partition coefficient (Wildman–Crippen LogP) is 3.23. The summed E-state index contributed by atoms with van der Waals surface area (Å²) >= 11 is 4.92. The highest BCUT2D eigenvalue weighted by Gasteiger charge is 2.22. The molecule has 0 fully saturated rings. The summed E-state index contributed by atoms with van der Waals surface area (Å²) in [6, 6.07) is 0. The van der Waals surface area contributed by atoms with Crippen molar-refractivity contribution in [2.24, 2.45) is 0 Å². The molecule has 1 rings (SSSR count). The molecule has 0 aliphatic carbocycles. The number of hydrogen-bond acceptors (Lipinski definition) is 3. The number of carbonyl (C=O) groups is 1. The number of rotatable bonds is 4. The van der Waals surface area contributed by atoms with Gasteiger partial charge in [-0.05, 0) is 33.7 Å². The summed E-state index contributed by atoms with van der Waals surface area (Å²) in [7, 11) is 1.23. The molecule has 3 nitrogen and oxygen atoms in total. The Morgan fingerprint density at radius 3 is 2.76 bits per heavy atom. The number of alkyl halides is 3. The largest absolute Gasteiger partial charge is 0.469 e. The maximum absolute atomic E-state index is 12.9. The van der Waals surface area contributed by atoms with Crippen molar-refractivity contribution in [3.05, 3.63) is 26.6 Å². The van der Waals surface area contributed by atoms with Crippen LogP contribution in [0.5, 0.6) is 0 Å². The molecule has 0 bridgehead atoms. The second kappa shape index (κ2) is 6.58. The van der Waals surface area contributed by atoms with Gasteiger partial charge in [-0.15, -0.1) is 0 Å². The van der Waals surface area contributed by atoms with Crippen molar-refractivity contribution in [1.29, 1.82) is 0 Å². The van der Waals surface area contributed by atoms with Gasteiger partial charge in [-0.2, -0.15) is 0 Å². The van der Waals surface area contributed by atoms with Gasteiger partial charge in [0.2, 0.25) is 0 Å². The highest BCUT2D eigenvalue weighted by atomic mass is 127. The molecule has 1 aromatic rings. The normalized spacial score (nSPS) is 10.7. The fourth-order valence-electron chi connectivity index (χ4n) is 1.34. The monoisotopic (exact) mass is 419 g/mol. The van der Waals surface area contributed by atoms with Gasteiger partial charge in [0, 0.05) is 11.5 Å². The zero-order valence-electron chi connectivity index (χ0n) is 8.84. The van der Waals surface area contributed by atoms with Crippen molar-refractivity contribution in [1.82, 2.24) is 4.98 Å². The molecule has 0 atom stereocenters. The fourth-order valence-corrected chi connectivity index (χ4v) is 2.53. The van der Waals surface area contributed by atoms with Crippen molar-refractivity contribution in [3.8, 4) is 0 Å². The van der Waals surface area contributed by atoms with Crippen molar-refractivity contribution in [2.45, 2.75) is 18.2 Å². The Hall–Kier alpha value is -0.310. The predicted molar refractivity (Wildman–Crippen MR) is 70.3 cm³/mol. The van der Waals surface area contributed by atoms with Crippen LogP contribution >= 0.6 is 38.5 Å². The van der Waals surface area contributed by atoms with Crippen LogP contribution in [0.3, 0.4) is 0 Å². The van der Waals surface area contributed by atoms with Gasteiger partial charge < -0.3 is 4.74 Å². The van der Waals surface area contributed by atoms with Crippen LogP contribution in [0.1, 0.15) is 23.1 Å². The van der Waals surface area contributed by atoms with Crippen LogP contribution in [0.4, 0.5) is 8.78 Å². The lowest BCUT2D eigenvalue weighted by Gasteiger charge is -2.13. The molecule has 0 spiro atoms. The van der Waals surface area contributed by atoms with Crippen LogP contribution in [-0.4, -0.2) is 18.1 Å². The van der Waals surface area contributed by atoms with Crippen molar-refractivity contribution in [3.63, 3.8) is 0 Å². The number of esters is 1. The molecule has 94 valence electrons. The Morgan fingerprint density at radius 1 is 1.65 bits per heavy atom. The van der Waals surface area contributed by atoms with E-state index < -0.39 is 12.4 Å². The minimum absolute atomic E-state index is 0.171. The molecule has 1 aromatic heterocycles. The van der Waals surface area contributed by atoms with E-state index in [4.69, 9.17) is 0 Å². The zero-order chi connectivity index (χ0) is 13.0.